The van der Waals surface area contributed by atoms with Crippen LogP contribution in [0.4, 0.5) is 10.2 Å². The summed E-state index contributed by atoms with van der Waals surface area (Å²) in [7, 11) is 0. The lowest BCUT2D eigenvalue weighted by molar-refractivity contribution is -0.0594. The van der Waals surface area contributed by atoms with E-state index in [2.05, 4.69) is 39.4 Å². The summed E-state index contributed by atoms with van der Waals surface area (Å²) in [4.78, 5) is 2.26. The van der Waals surface area contributed by atoms with Gasteiger partial charge in [-0.3, -0.25) is 0 Å². The van der Waals surface area contributed by atoms with Crippen molar-refractivity contribution in [3.63, 3.8) is 0 Å². The molecule has 0 bridgehead atoms. The van der Waals surface area contributed by atoms with Gasteiger partial charge in [0.2, 0.25) is 0 Å². The van der Waals surface area contributed by atoms with Crippen molar-refractivity contribution in [1.82, 2.24) is 10.2 Å². The Balaban J connectivity index is 1.40. The lowest BCUT2D eigenvalue weighted by Gasteiger charge is -2.41. The maximum absolute atomic E-state index is 13.1. The van der Waals surface area contributed by atoms with Crippen molar-refractivity contribution in [2.24, 2.45) is 0 Å². The first kappa shape index (κ1) is 16.4. The molecule has 0 saturated carbocycles. The van der Waals surface area contributed by atoms with Crippen molar-refractivity contribution < 1.29 is 9.13 Å². The number of rotatable bonds is 2. The summed E-state index contributed by atoms with van der Waals surface area (Å²) in [5.74, 6) is 0.603. The van der Waals surface area contributed by atoms with Gasteiger partial charge in [-0.1, -0.05) is 24.3 Å². The van der Waals surface area contributed by atoms with Crippen molar-refractivity contribution in [2.45, 2.75) is 18.4 Å². The molecular weight excluding hydrogens is 341 g/mol. The molecule has 1 fully saturated rings. The third-order valence-electron chi connectivity index (χ3n) is 5.61. The van der Waals surface area contributed by atoms with E-state index in [1.54, 1.807) is 12.1 Å². The van der Waals surface area contributed by atoms with Crippen LogP contribution in [0.15, 0.2) is 60.7 Å². The maximum Gasteiger partial charge on any atom is 0.151 e. The topological polar surface area (TPSA) is 38.2 Å². The van der Waals surface area contributed by atoms with Gasteiger partial charge in [-0.25, -0.2) is 4.39 Å². The molecule has 2 heterocycles. The van der Waals surface area contributed by atoms with Crippen LogP contribution < -0.4 is 4.90 Å². The standard InChI is InChI=1S/C22H20FN3O/c23-18-7-5-17(6-8-18)20-9-10-21(25-24-20)26-13-14-27-22(15-26)12-11-16-3-1-2-4-19(16)22/h1-10H,11-15H2. The van der Waals surface area contributed by atoms with Gasteiger partial charge in [-0.05, 0) is 60.4 Å². The largest absolute Gasteiger partial charge is 0.367 e. The first-order chi connectivity index (χ1) is 13.2. The lowest BCUT2D eigenvalue weighted by Crippen LogP contribution is -2.49. The number of anilines is 1. The lowest BCUT2D eigenvalue weighted by atomic mass is 9.93. The highest BCUT2D eigenvalue weighted by atomic mass is 19.1. The summed E-state index contributed by atoms with van der Waals surface area (Å²) in [6, 6.07) is 18.8. The predicted octanol–water partition coefficient (Wildman–Crippen LogP) is 3.96. The van der Waals surface area contributed by atoms with Crippen LogP contribution in [-0.4, -0.2) is 29.9 Å². The maximum atomic E-state index is 13.1. The monoisotopic (exact) mass is 361 g/mol. The van der Waals surface area contributed by atoms with E-state index in [4.69, 9.17) is 4.74 Å². The van der Waals surface area contributed by atoms with Crippen LogP contribution in [0.5, 0.6) is 0 Å². The molecule has 2 aliphatic rings. The van der Waals surface area contributed by atoms with Gasteiger partial charge in [0.05, 0.1) is 18.8 Å². The van der Waals surface area contributed by atoms with Crippen molar-refractivity contribution in [2.75, 3.05) is 24.6 Å². The number of benzene rings is 2. The minimum Gasteiger partial charge on any atom is -0.367 e. The van der Waals surface area contributed by atoms with Gasteiger partial charge in [0, 0.05) is 12.1 Å². The summed E-state index contributed by atoms with van der Waals surface area (Å²) in [6.45, 7) is 2.26. The van der Waals surface area contributed by atoms with E-state index in [0.29, 0.717) is 6.61 Å². The molecule has 1 unspecified atom stereocenters. The molecule has 0 N–H and O–H groups in total. The van der Waals surface area contributed by atoms with Gasteiger partial charge in [-0.2, -0.15) is 0 Å². The van der Waals surface area contributed by atoms with Gasteiger partial charge < -0.3 is 9.64 Å². The van der Waals surface area contributed by atoms with Crippen LogP contribution in [0.3, 0.4) is 0 Å². The van der Waals surface area contributed by atoms with Crippen LogP contribution in [-0.2, 0) is 16.8 Å². The summed E-state index contributed by atoms with van der Waals surface area (Å²) in [5.41, 5.74) is 4.06. The molecule has 2 aromatic carbocycles. The number of nitrogens with zero attached hydrogens (tertiary/aromatic N) is 3. The second kappa shape index (κ2) is 6.43. The Labute approximate surface area is 157 Å². The minimum absolute atomic E-state index is 0.244. The Morgan fingerprint density at radius 2 is 1.81 bits per heavy atom. The molecule has 5 heteroatoms. The third kappa shape index (κ3) is 2.88. The molecule has 1 saturated heterocycles. The number of fused-ring (bicyclic) bond motifs is 2. The molecule has 136 valence electrons. The highest BCUT2D eigenvalue weighted by molar-refractivity contribution is 5.59. The fourth-order valence-electron chi connectivity index (χ4n) is 4.22. The number of hydrogen-bond acceptors (Lipinski definition) is 4. The van der Waals surface area contributed by atoms with Crippen LogP contribution in [0.25, 0.3) is 11.3 Å². The van der Waals surface area contributed by atoms with E-state index >= 15 is 0 Å². The van der Waals surface area contributed by atoms with Gasteiger partial charge in [0.1, 0.15) is 11.4 Å². The molecule has 1 atom stereocenters. The molecule has 1 spiro atoms. The molecule has 1 aliphatic heterocycles. The molecular formula is C22H20FN3O. The van der Waals surface area contributed by atoms with Gasteiger partial charge >= 0.3 is 0 Å². The van der Waals surface area contributed by atoms with Gasteiger partial charge in [0.25, 0.3) is 0 Å². The fraction of sp³-hybridized carbons (Fsp3) is 0.273. The Kier molecular flexibility index (Phi) is 3.90. The molecule has 0 amide bonds. The quantitative estimate of drug-likeness (QED) is 0.692. The summed E-state index contributed by atoms with van der Waals surface area (Å²) in [6.07, 6.45) is 2.06. The van der Waals surface area contributed by atoms with Crippen LogP contribution in [0, 0.1) is 5.82 Å². The molecule has 27 heavy (non-hydrogen) atoms. The highest BCUT2D eigenvalue weighted by Crippen LogP contribution is 2.42. The van der Waals surface area contributed by atoms with Crippen molar-refractivity contribution >= 4 is 5.82 Å². The van der Waals surface area contributed by atoms with E-state index in [0.717, 1.165) is 43.0 Å². The Morgan fingerprint density at radius 3 is 2.63 bits per heavy atom. The zero-order valence-corrected chi connectivity index (χ0v) is 14.9. The minimum atomic E-state index is -0.251. The average molecular weight is 361 g/mol. The third-order valence-corrected chi connectivity index (χ3v) is 5.61. The number of aromatic nitrogens is 2. The SMILES string of the molecule is Fc1ccc(-c2ccc(N3CCOC4(CCc5ccccc54)C3)nn2)cc1. The summed E-state index contributed by atoms with van der Waals surface area (Å²) < 4.78 is 19.4. The highest BCUT2D eigenvalue weighted by Gasteiger charge is 2.43. The number of hydrogen-bond donors (Lipinski definition) is 0. The number of aryl methyl sites for hydroxylation is 1. The van der Waals surface area contributed by atoms with Crippen LogP contribution in [0.1, 0.15) is 17.5 Å². The number of ether oxygens (including phenoxy) is 1. The second-order valence-electron chi connectivity index (χ2n) is 7.21. The predicted molar refractivity (Wildman–Crippen MR) is 102 cm³/mol. The van der Waals surface area contributed by atoms with Crippen molar-refractivity contribution in [3.8, 4) is 11.3 Å². The van der Waals surface area contributed by atoms with Gasteiger partial charge in [0.15, 0.2) is 5.82 Å². The average Bonchev–Trinajstić information content (AvgIpc) is 3.07. The first-order valence-corrected chi connectivity index (χ1v) is 9.31. The molecule has 1 aromatic heterocycles. The number of morpholine rings is 1. The molecule has 3 aromatic rings. The Hall–Kier alpha value is -2.79. The Morgan fingerprint density at radius 1 is 0.963 bits per heavy atom. The van der Waals surface area contributed by atoms with E-state index in [9.17, 15) is 4.39 Å². The van der Waals surface area contributed by atoms with E-state index in [1.807, 2.05) is 12.1 Å². The van der Waals surface area contributed by atoms with E-state index in [-0.39, 0.29) is 11.4 Å². The second-order valence-corrected chi connectivity index (χ2v) is 7.21. The van der Waals surface area contributed by atoms with Crippen LogP contribution in [0.2, 0.25) is 0 Å². The molecule has 5 rings (SSSR count). The van der Waals surface area contributed by atoms with Gasteiger partial charge in [-0.15, -0.1) is 10.2 Å². The summed E-state index contributed by atoms with van der Waals surface area (Å²) >= 11 is 0. The fourth-order valence-corrected chi connectivity index (χ4v) is 4.22. The molecule has 0 radical (unpaired) electrons. The zero-order chi connectivity index (χ0) is 18.3. The van der Waals surface area contributed by atoms with E-state index < -0.39 is 0 Å². The first-order valence-electron chi connectivity index (χ1n) is 9.31. The van der Waals surface area contributed by atoms with Crippen LogP contribution >= 0.6 is 0 Å². The Bertz CT molecular complexity index is 954. The van der Waals surface area contributed by atoms with E-state index in [1.165, 1.54) is 23.3 Å². The zero-order valence-electron chi connectivity index (χ0n) is 14.9. The smallest absolute Gasteiger partial charge is 0.151 e. The molecule has 4 nitrogen and oxygen atoms in total. The van der Waals surface area contributed by atoms with Crippen molar-refractivity contribution in [3.05, 3.63) is 77.6 Å². The van der Waals surface area contributed by atoms with Crippen molar-refractivity contribution in [1.29, 1.82) is 0 Å². The summed E-state index contributed by atoms with van der Waals surface area (Å²) in [5, 5.41) is 8.80. The molecule has 1 aliphatic carbocycles. The normalized spacial score (nSPS) is 21.4. The number of halogens is 1.